The summed E-state index contributed by atoms with van der Waals surface area (Å²) in [6, 6.07) is 0.254. The summed E-state index contributed by atoms with van der Waals surface area (Å²) in [7, 11) is 0. The largest absolute Gasteiger partial charge is 0.473 e. The van der Waals surface area contributed by atoms with Crippen molar-refractivity contribution in [3.05, 3.63) is 15.9 Å². The number of nitro groups is 1. The van der Waals surface area contributed by atoms with Crippen molar-refractivity contribution in [2.45, 2.75) is 63.8 Å². The van der Waals surface area contributed by atoms with E-state index in [1.807, 2.05) is 0 Å². The van der Waals surface area contributed by atoms with E-state index in [1.165, 1.54) is 6.42 Å². The molecule has 1 heterocycles. The molecule has 3 rings (SSSR count). The number of hydrogen-bond acceptors (Lipinski definition) is 6. The van der Waals surface area contributed by atoms with Crippen LogP contribution in [0.3, 0.4) is 0 Å². The van der Waals surface area contributed by atoms with Gasteiger partial charge in [0.05, 0.1) is 11.5 Å². The van der Waals surface area contributed by atoms with Gasteiger partial charge in [0.25, 0.3) is 5.88 Å². The molecule has 2 fully saturated rings. The smallest absolute Gasteiger partial charge is 0.372 e. The number of ether oxygens (including phenoxy) is 1. The van der Waals surface area contributed by atoms with Crippen molar-refractivity contribution >= 4 is 11.5 Å². The van der Waals surface area contributed by atoms with Crippen molar-refractivity contribution in [2.24, 2.45) is 0 Å². The van der Waals surface area contributed by atoms with Gasteiger partial charge in [-0.25, -0.2) is 4.98 Å². The Morgan fingerprint density at radius 2 is 1.95 bits per heavy atom. The molecule has 0 aliphatic heterocycles. The summed E-state index contributed by atoms with van der Waals surface area (Å²) < 4.78 is 5.41. The normalized spacial score (nSPS) is 19.0. The Labute approximate surface area is 129 Å². The number of aromatic nitrogens is 2. The average molecular weight is 306 g/mol. The first-order valence-electron chi connectivity index (χ1n) is 8.14. The van der Waals surface area contributed by atoms with Gasteiger partial charge in [-0.15, -0.1) is 0 Å². The Balaban J connectivity index is 1.94. The molecule has 1 aromatic rings. The Morgan fingerprint density at radius 1 is 1.23 bits per heavy atom. The van der Waals surface area contributed by atoms with Gasteiger partial charge in [0.15, 0.2) is 0 Å². The summed E-state index contributed by atoms with van der Waals surface area (Å²) in [5, 5.41) is 14.7. The molecule has 2 aliphatic carbocycles. The minimum absolute atomic E-state index is 0.0997. The maximum absolute atomic E-state index is 11.5. The van der Waals surface area contributed by atoms with Crippen LogP contribution in [-0.4, -0.2) is 27.5 Å². The summed E-state index contributed by atoms with van der Waals surface area (Å²) in [5.74, 6) is 1.43. The van der Waals surface area contributed by atoms with Gasteiger partial charge >= 0.3 is 5.69 Å². The minimum Gasteiger partial charge on any atom is -0.473 e. The van der Waals surface area contributed by atoms with Crippen LogP contribution in [0.15, 0.2) is 0 Å². The van der Waals surface area contributed by atoms with Crippen LogP contribution in [0.1, 0.15) is 63.6 Å². The zero-order valence-corrected chi connectivity index (χ0v) is 12.9. The summed E-state index contributed by atoms with van der Waals surface area (Å²) >= 11 is 0. The maximum atomic E-state index is 11.5. The molecule has 1 N–H and O–H groups in total. The van der Waals surface area contributed by atoms with Gasteiger partial charge in [-0.2, -0.15) is 4.98 Å². The van der Waals surface area contributed by atoms with Gasteiger partial charge in [0.2, 0.25) is 5.82 Å². The molecule has 0 saturated heterocycles. The predicted octanol–water partition coefficient (Wildman–Crippen LogP) is 3.41. The molecule has 1 aromatic heterocycles. The third-order valence-corrected chi connectivity index (χ3v) is 4.22. The van der Waals surface area contributed by atoms with Crippen molar-refractivity contribution < 1.29 is 9.66 Å². The van der Waals surface area contributed by atoms with Crippen LogP contribution in [0.25, 0.3) is 0 Å². The number of nitrogens with zero attached hydrogens (tertiary/aromatic N) is 3. The first kappa shape index (κ1) is 15.0. The first-order valence-corrected chi connectivity index (χ1v) is 8.14. The highest BCUT2D eigenvalue weighted by molar-refractivity contribution is 5.62. The molecule has 0 aromatic carbocycles. The summed E-state index contributed by atoms with van der Waals surface area (Å²) in [4.78, 5) is 19.8. The Hall–Kier alpha value is -1.92. The standard InChI is InChI=1S/C15H22N4O3/c1-2-22-15-12(19(20)21)14(16-11-6-4-3-5-7-11)17-13(18-15)10-8-9-10/h10-11H,2-9H2,1H3,(H,16,17,18). The highest BCUT2D eigenvalue weighted by atomic mass is 16.6. The van der Waals surface area contributed by atoms with Crippen LogP contribution in [-0.2, 0) is 0 Å². The molecule has 0 unspecified atom stereocenters. The van der Waals surface area contributed by atoms with Crippen molar-refractivity contribution in [1.29, 1.82) is 0 Å². The SMILES string of the molecule is CCOc1nc(C2CC2)nc(NC2CCCCC2)c1[N+](=O)[O-]. The van der Waals surface area contributed by atoms with Gasteiger partial charge in [0.1, 0.15) is 5.82 Å². The van der Waals surface area contributed by atoms with Crippen LogP contribution in [0, 0.1) is 10.1 Å². The van der Waals surface area contributed by atoms with E-state index in [1.54, 1.807) is 6.92 Å². The zero-order chi connectivity index (χ0) is 15.5. The molecule has 7 nitrogen and oxygen atoms in total. The Morgan fingerprint density at radius 3 is 2.55 bits per heavy atom. The van der Waals surface area contributed by atoms with E-state index in [-0.39, 0.29) is 17.6 Å². The summed E-state index contributed by atoms with van der Waals surface area (Å²) in [5.41, 5.74) is -0.128. The number of rotatable bonds is 6. The Bertz CT molecular complexity index is 554. The average Bonchev–Trinajstić information content (AvgIpc) is 3.32. The third-order valence-electron chi connectivity index (χ3n) is 4.22. The second-order valence-corrected chi connectivity index (χ2v) is 6.03. The number of nitrogens with one attached hydrogen (secondary N) is 1. The zero-order valence-electron chi connectivity index (χ0n) is 12.9. The molecule has 0 bridgehead atoms. The van der Waals surface area contributed by atoms with Crippen LogP contribution in [0.5, 0.6) is 5.88 Å². The van der Waals surface area contributed by atoms with E-state index >= 15 is 0 Å². The predicted molar refractivity (Wildman–Crippen MR) is 82.3 cm³/mol. The molecular weight excluding hydrogens is 284 g/mol. The van der Waals surface area contributed by atoms with Crippen LogP contribution in [0.4, 0.5) is 11.5 Å². The van der Waals surface area contributed by atoms with E-state index in [9.17, 15) is 10.1 Å². The molecule has 22 heavy (non-hydrogen) atoms. The molecule has 120 valence electrons. The first-order chi connectivity index (χ1) is 10.7. The summed E-state index contributed by atoms with van der Waals surface area (Å²) in [6.07, 6.45) is 7.71. The molecule has 0 amide bonds. The van der Waals surface area contributed by atoms with E-state index in [4.69, 9.17) is 4.74 Å². The molecule has 0 radical (unpaired) electrons. The Kier molecular flexibility index (Phi) is 4.40. The highest BCUT2D eigenvalue weighted by Gasteiger charge is 2.33. The molecule has 7 heteroatoms. The minimum atomic E-state index is -0.438. The lowest BCUT2D eigenvalue weighted by Gasteiger charge is -2.23. The lowest BCUT2D eigenvalue weighted by molar-refractivity contribution is -0.385. The second kappa shape index (κ2) is 6.46. The van der Waals surface area contributed by atoms with E-state index in [0.717, 1.165) is 38.5 Å². The van der Waals surface area contributed by atoms with Gasteiger partial charge in [-0.05, 0) is 32.6 Å². The lowest BCUT2D eigenvalue weighted by atomic mass is 9.95. The molecule has 0 spiro atoms. The van der Waals surface area contributed by atoms with Gasteiger partial charge in [-0.1, -0.05) is 19.3 Å². The topological polar surface area (TPSA) is 90.2 Å². The molecule has 0 atom stereocenters. The van der Waals surface area contributed by atoms with Crippen LogP contribution < -0.4 is 10.1 Å². The quantitative estimate of drug-likeness (QED) is 0.640. The van der Waals surface area contributed by atoms with Crippen molar-refractivity contribution in [2.75, 3.05) is 11.9 Å². The highest BCUT2D eigenvalue weighted by Crippen LogP contribution is 2.42. The van der Waals surface area contributed by atoms with E-state index in [0.29, 0.717) is 24.2 Å². The van der Waals surface area contributed by atoms with Crippen LogP contribution >= 0.6 is 0 Å². The third kappa shape index (κ3) is 3.28. The molecular formula is C15H22N4O3. The second-order valence-electron chi connectivity index (χ2n) is 6.03. The van der Waals surface area contributed by atoms with E-state index < -0.39 is 4.92 Å². The fourth-order valence-corrected chi connectivity index (χ4v) is 2.92. The van der Waals surface area contributed by atoms with Gasteiger partial charge in [0, 0.05) is 12.0 Å². The lowest BCUT2D eigenvalue weighted by Crippen LogP contribution is -2.24. The molecule has 2 saturated carbocycles. The van der Waals surface area contributed by atoms with Crippen LogP contribution in [0.2, 0.25) is 0 Å². The van der Waals surface area contributed by atoms with Gasteiger partial charge in [-0.3, -0.25) is 10.1 Å². The van der Waals surface area contributed by atoms with E-state index in [2.05, 4.69) is 15.3 Å². The van der Waals surface area contributed by atoms with Crippen molar-refractivity contribution in [3.63, 3.8) is 0 Å². The fourth-order valence-electron chi connectivity index (χ4n) is 2.92. The number of hydrogen-bond donors (Lipinski definition) is 1. The summed E-state index contributed by atoms with van der Waals surface area (Å²) in [6.45, 7) is 2.15. The number of anilines is 1. The molecule has 2 aliphatic rings. The van der Waals surface area contributed by atoms with Crippen molar-refractivity contribution in [3.8, 4) is 5.88 Å². The monoisotopic (exact) mass is 306 g/mol. The maximum Gasteiger partial charge on any atom is 0.372 e. The fraction of sp³-hybridized carbons (Fsp3) is 0.733. The van der Waals surface area contributed by atoms with Crippen molar-refractivity contribution in [1.82, 2.24) is 9.97 Å². The van der Waals surface area contributed by atoms with Gasteiger partial charge < -0.3 is 10.1 Å².